The molecule has 13 nitrogen and oxygen atoms in total. The van der Waals surface area contributed by atoms with E-state index in [1.54, 1.807) is 12.1 Å². The van der Waals surface area contributed by atoms with Crippen molar-refractivity contribution in [3.05, 3.63) is 54.1 Å². The Bertz CT molecular complexity index is 1660. The molecule has 0 amide bonds. The van der Waals surface area contributed by atoms with Crippen LogP contribution in [-0.4, -0.2) is 62.1 Å². The van der Waals surface area contributed by atoms with Gasteiger partial charge in [-0.15, -0.1) is 0 Å². The van der Waals surface area contributed by atoms with Crippen molar-refractivity contribution < 1.29 is 33.0 Å². The number of benzene rings is 2. The molecule has 4 N–H and O–H groups in total. The molecule has 43 heavy (non-hydrogen) atoms. The van der Waals surface area contributed by atoms with E-state index in [1.165, 1.54) is 10.9 Å². The maximum absolute atomic E-state index is 14.1. The molecule has 228 valence electrons. The van der Waals surface area contributed by atoms with Gasteiger partial charge in [-0.05, 0) is 48.7 Å². The number of fused-ring (bicyclic) bond motifs is 2. The lowest BCUT2D eigenvalue weighted by molar-refractivity contribution is -0.149. The van der Waals surface area contributed by atoms with Gasteiger partial charge in [-0.1, -0.05) is 42.8 Å². The van der Waals surface area contributed by atoms with Crippen molar-refractivity contribution in [2.75, 3.05) is 18.9 Å². The zero-order valence-corrected chi connectivity index (χ0v) is 24.8. The molecule has 2 aromatic heterocycles. The highest BCUT2D eigenvalue weighted by Gasteiger charge is 2.40. The van der Waals surface area contributed by atoms with Crippen LogP contribution in [0.5, 0.6) is 5.75 Å². The molecule has 0 bridgehead atoms. The first kappa shape index (κ1) is 29.7. The van der Waals surface area contributed by atoms with Crippen LogP contribution in [0.25, 0.3) is 21.9 Å². The van der Waals surface area contributed by atoms with E-state index >= 15 is 0 Å². The molecule has 1 unspecified atom stereocenters. The smallest absolute Gasteiger partial charge is 0.459 e. The van der Waals surface area contributed by atoms with E-state index in [2.05, 4.69) is 20.0 Å². The molecule has 15 heteroatoms. The molecule has 4 aromatic rings. The summed E-state index contributed by atoms with van der Waals surface area (Å²) in [6.07, 6.45) is 3.29. The number of anilines is 1. The second kappa shape index (κ2) is 12.7. The Labute approximate surface area is 252 Å². The Hall–Kier alpha value is -3.32. The van der Waals surface area contributed by atoms with E-state index < -0.39 is 38.7 Å². The number of nitrogens with two attached hydrogens (primary N) is 1. The minimum absolute atomic E-state index is 0.0593. The number of hydrogen-bond acceptors (Lipinski definition) is 11. The fraction of sp³-hybridized carbons (Fsp3) is 0.429. The van der Waals surface area contributed by atoms with Gasteiger partial charge in [-0.3, -0.25) is 13.9 Å². The van der Waals surface area contributed by atoms with Gasteiger partial charge in [0, 0.05) is 11.8 Å². The number of rotatable bonds is 10. The van der Waals surface area contributed by atoms with E-state index in [-0.39, 0.29) is 30.2 Å². The number of halogens is 1. The van der Waals surface area contributed by atoms with E-state index in [1.807, 2.05) is 30.3 Å². The van der Waals surface area contributed by atoms with Crippen molar-refractivity contribution in [1.82, 2.24) is 24.6 Å². The summed E-state index contributed by atoms with van der Waals surface area (Å²) in [7, 11) is -4.19. The van der Waals surface area contributed by atoms with E-state index in [0.717, 1.165) is 37.5 Å². The predicted molar refractivity (Wildman–Crippen MR) is 158 cm³/mol. The van der Waals surface area contributed by atoms with Crippen LogP contribution in [0, 0.1) is 0 Å². The van der Waals surface area contributed by atoms with Crippen molar-refractivity contribution in [2.45, 2.75) is 63.1 Å². The van der Waals surface area contributed by atoms with E-state index in [4.69, 9.17) is 35.9 Å². The molecular weight excluding hydrogens is 599 g/mol. The quantitative estimate of drug-likeness (QED) is 0.127. The first-order valence-electron chi connectivity index (χ1n) is 14.1. The van der Waals surface area contributed by atoms with Gasteiger partial charge in [0.2, 0.25) is 5.28 Å². The Kier molecular flexibility index (Phi) is 8.80. The van der Waals surface area contributed by atoms with Gasteiger partial charge in [0.25, 0.3) is 0 Å². The zero-order valence-electron chi connectivity index (χ0n) is 23.2. The van der Waals surface area contributed by atoms with Crippen molar-refractivity contribution in [3.63, 3.8) is 0 Å². The van der Waals surface area contributed by atoms with Gasteiger partial charge < -0.3 is 24.8 Å². The minimum atomic E-state index is -4.19. The van der Waals surface area contributed by atoms with Crippen LogP contribution in [0.3, 0.4) is 0 Å². The van der Waals surface area contributed by atoms with E-state index in [0.29, 0.717) is 22.3 Å². The summed E-state index contributed by atoms with van der Waals surface area (Å²) in [4.78, 5) is 25.0. The third-order valence-electron chi connectivity index (χ3n) is 7.60. The molecule has 1 saturated heterocycles. The summed E-state index contributed by atoms with van der Waals surface area (Å²) in [6, 6.07) is 12.8. The molecular formula is C28H32ClN6O7P. The Morgan fingerprint density at radius 1 is 1.16 bits per heavy atom. The average molecular weight is 631 g/mol. The monoisotopic (exact) mass is 630 g/mol. The summed E-state index contributed by atoms with van der Waals surface area (Å²) >= 11 is 6.36. The van der Waals surface area contributed by atoms with Gasteiger partial charge in [0.05, 0.1) is 12.7 Å². The number of aromatic nitrogens is 4. The molecule has 1 saturated carbocycles. The lowest BCUT2D eigenvalue weighted by Crippen LogP contribution is -2.32. The standard InChI is InChI=1S/C28H32ClN6O7P/c29-28-34-25-26(30)31-16-32-27(25)35(28)23-13-20(36)22(41-23)15-39-43(38,33-14-24(37)40-18-9-2-1-3-10-18)42-21-12-6-8-17-7-4-5-11-19(17)21/h4-8,11-12,16,18,20,22-23,36H,1-3,9-10,13-15H2,(H,33,38)(H2,30,31,32)/t20-,22-,23-,43?/m1/s1. The summed E-state index contributed by atoms with van der Waals surface area (Å²) in [5, 5.41) is 15.1. The SMILES string of the molecule is Nc1ncnc2c1nc(Cl)n2[C@H]1C[C@@H](O)[C@@H](COP(=O)(NCC(=O)OC2CCCCC2)Oc2cccc3ccccc23)O1. The first-order chi connectivity index (χ1) is 20.8. The molecule has 2 aromatic carbocycles. The second-order valence-electron chi connectivity index (χ2n) is 10.6. The Balaban J connectivity index is 1.18. The lowest BCUT2D eigenvalue weighted by Gasteiger charge is -2.24. The number of aliphatic hydroxyl groups is 1. The highest BCUT2D eigenvalue weighted by molar-refractivity contribution is 7.52. The summed E-state index contributed by atoms with van der Waals surface area (Å²) in [5.41, 5.74) is 6.56. The molecule has 0 spiro atoms. The Morgan fingerprint density at radius 2 is 1.95 bits per heavy atom. The first-order valence-corrected chi connectivity index (χ1v) is 16.1. The average Bonchev–Trinajstić information content (AvgIpc) is 3.54. The summed E-state index contributed by atoms with van der Waals surface area (Å²) < 4.78 is 39.0. The molecule has 1 aliphatic carbocycles. The Morgan fingerprint density at radius 3 is 2.79 bits per heavy atom. The third kappa shape index (κ3) is 6.62. The van der Waals surface area contributed by atoms with Crippen LogP contribution in [0.15, 0.2) is 48.8 Å². The number of imidazole rings is 1. The number of aliphatic hydroxyl groups excluding tert-OH is 1. The maximum atomic E-state index is 14.1. The van der Waals surface area contributed by atoms with Crippen LogP contribution in [0.1, 0.15) is 44.8 Å². The van der Waals surface area contributed by atoms with E-state index in [9.17, 15) is 14.5 Å². The molecule has 4 atom stereocenters. The fourth-order valence-corrected chi connectivity index (χ4v) is 7.00. The number of hydrogen-bond donors (Lipinski definition) is 3. The minimum Gasteiger partial charge on any atom is -0.461 e. The van der Waals surface area contributed by atoms with Gasteiger partial charge >= 0.3 is 13.7 Å². The van der Waals surface area contributed by atoms with Crippen LogP contribution < -0.4 is 15.3 Å². The van der Waals surface area contributed by atoms with Crippen molar-refractivity contribution in [3.8, 4) is 5.75 Å². The molecule has 6 rings (SSSR count). The molecule has 1 aliphatic heterocycles. The van der Waals surface area contributed by atoms with Gasteiger partial charge in [-0.2, -0.15) is 0 Å². The number of nitrogens with zero attached hydrogens (tertiary/aromatic N) is 4. The highest BCUT2D eigenvalue weighted by Crippen LogP contribution is 2.47. The predicted octanol–water partition coefficient (Wildman–Crippen LogP) is 4.53. The molecule has 2 fully saturated rings. The van der Waals surface area contributed by atoms with Crippen LogP contribution in [-0.2, 0) is 23.4 Å². The van der Waals surface area contributed by atoms with Crippen molar-refractivity contribution >= 4 is 53.1 Å². The fourth-order valence-electron chi connectivity index (χ4n) is 5.43. The maximum Gasteiger partial charge on any atom is 0.459 e. The van der Waals surface area contributed by atoms with Gasteiger partial charge in [0.1, 0.15) is 37.1 Å². The second-order valence-corrected chi connectivity index (χ2v) is 12.7. The number of carbonyl (C=O) groups is 1. The zero-order chi connectivity index (χ0) is 30.0. The topological polar surface area (TPSA) is 173 Å². The van der Waals surface area contributed by atoms with Crippen LogP contribution in [0.2, 0.25) is 5.28 Å². The normalized spacial score (nSPS) is 22.5. The third-order valence-corrected chi connectivity index (χ3v) is 9.34. The number of nitrogen functional groups attached to an aromatic ring is 1. The molecule has 2 aliphatic rings. The summed E-state index contributed by atoms with van der Waals surface area (Å²) in [5.74, 6) is -0.102. The number of esters is 1. The molecule has 3 heterocycles. The number of carbonyl (C=O) groups excluding carboxylic acids is 1. The van der Waals surface area contributed by atoms with Crippen LogP contribution in [0.4, 0.5) is 5.82 Å². The number of ether oxygens (including phenoxy) is 2. The molecule has 0 radical (unpaired) electrons. The summed E-state index contributed by atoms with van der Waals surface area (Å²) in [6.45, 7) is -0.723. The van der Waals surface area contributed by atoms with Crippen molar-refractivity contribution in [1.29, 1.82) is 0 Å². The lowest BCUT2D eigenvalue weighted by atomic mass is 9.98. The van der Waals surface area contributed by atoms with Gasteiger partial charge in [-0.25, -0.2) is 24.6 Å². The largest absolute Gasteiger partial charge is 0.461 e. The van der Waals surface area contributed by atoms with Crippen LogP contribution >= 0.6 is 19.3 Å². The van der Waals surface area contributed by atoms with Crippen molar-refractivity contribution in [2.24, 2.45) is 0 Å². The highest BCUT2D eigenvalue weighted by atomic mass is 35.5. The van der Waals surface area contributed by atoms with Gasteiger partial charge in [0.15, 0.2) is 17.0 Å². The number of nitrogens with one attached hydrogen (secondary N) is 1.